The van der Waals surface area contributed by atoms with Gasteiger partial charge in [-0.05, 0) is 60.0 Å². The number of benzene rings is 3. The second kappa shape index (κ2) is 11.1. The van der Waals surface area contributed by atoms with Crippen molar-refractivity contribution in [2.24, 2.45) is 0 Å². The first-order chi connectivity index (χ1) is 15.5. The Morgan fingerprint density at radius 3 is 2.44 bits per heavy atom. The summed E-state index contributed by atoms with van der Waals surface area (Å²) in [6.07, 6.45) is 1.10. The van der Waals surface area contributed by atoms with E-state index >= 15 is 0 Å². The molecule has 0 atom stereocenters. The van der Waals surface area contributed by atoms with Crippen LogP contribution < -0.4 is 15.0 Å². The van der Waals surface area contributed by atoms with Crippen LogP contribution in [0.5, 0.6) is 5.75 Å². The van der Waals surface area contributed by atoms with E-state index in [2.05, 4.69) is 5.32 Å². The molecule has 0 aliphatic heterocycles. The summed E-state index contributed by atoms with van der Waals surface area (Å²) < 4.78 is 18.6. The largest absolute Gasteiger partial charge is 0.497 e. The van der Waals surface area contributed by atoms with Crippen LogP contribution in [-0.2, 0) is 17.8 Å². The lowest BCUT2D eigenvalue weighted by Crippen LogP contribution is -2.30. The third-order valence-electron chi connectivity index (χ3n) is 4.97. The fourth-order valence-electron chi connectivity index (χ4n) is 3.31. The van der Waals surface area contributed by atoms with E-state index in [1.807, 2.05) is 31.2 Å². The summed E-state index contributed by atoms with van der Waals surface area (Å²) in [7, 11) is 1.55. The number of methoxy groups -OCH3 is 1. The molecule has 0 spiro atoms. The SMILES string of the molecule is CCCNC(=O)Cc1cccc(N(Cc2ccc(F)cc2)C(=O)c2cccc(OC)c2)c1. The number of amides is 2. The van der Waals surface area contributed by atoms with Gasteiger partial charge < -0.3 is 15.0 Å². The fraction of sp³-hybridized carbons (Fsp3) is 0.231. The lowest BCUT2D eigenvalue weighted by molar-refractivity contribution is -0.120. The van der Waals surface area contributed by atoms with E-state index in [4.69, 9.17) is 4.74 Å². The molecule has 32 heavy (non-hydrogen) atoms. The molecule has 0 aromatic heterocycles. The van der Waals surface area contributed by atoms with Crippen LogP contribution in [0.2, 0.25) is 0 Å². The number of nitrogens with zero attached hydrogens (tertiary/aromatic N) is 1. The number of nitrogens with one attached hydrogen (secondary N) is 1. The third kappa shape index (κ3) is 6.17. The van der Waals surface area contributed by atoms with E-state index in [9.17, 15) is 14.0 Å². The molecule has 0 aliphatic carbocycles. The molecule has 0 radical (unpaired) electrons. The molecule has 0 aliphatic rings. The Morgan fingerprint density at radius 2 is 1.72 bits per heavy atom. The molecule has 166 valence electrons. The van der Waals surface area contributed by atoms with Crippen LogP contribution in [0.4, 0.5) is 10.1 Å². The van der Waals surface area contributed by atoms with Gasteiger partial charge in [-0.2, -0.15) is 0 Å². The fourth-order valence-corrected chi connectivity index (χ4v) is 3.31. The Morgan fingerprint density at radius 1 is 0.969 bits per heavy atom. The van der Waals surface area contributed by atoms with Gasteiger partial charge in [0, 0.05) is 17.8 Å². The average Bonchev–Trinajstić information content (AvgIpc) is 2.82. The van der Waals surface area contributed by atoms with Gasteiger partial charge in [0.15, 0.2) is 0 Å². The van der Waals surface area contributed by atoms with Crippen LogP contribution in [-0.4, -0.2) is 25.5 Å². The summed E-state index contributed by atoms with van der Waals surface area (Å²) in [5.41, 5.74) is 2.72. The summed E-state index contributed by atoms with van der Waals surface area (Å²) in [6.45, 7) is 2.88. The van der Waals surface area contributed by atoms with Crippen molar-refractivity contribution in [2.45, 2.75) is 26.3 Å². The van der Waals surface area contributed by atoms with Crippen molar-refractivity contribution in [3.63, 3.8) is 0 Å². The maximum absolute atomic E-state index is 13.5. The van der Waals surface area contributed by atoms with E-state index in [1.165, 1.54) is 12.1 Å². The minimum atomic E-state index is -0.334. The maximum atomic E-state index is 13.5. The standard InChI is InChI=1S/C26H27FN2O3/c1-3-14-28-25(30)16-20-6-4-8-23(15-20)29(18-19-10-12-22(27)13-11-19)26(31)21-7-5-9-24(17-21)32-2/h4-13,15,17H,3,14,16,18H2,1-2H3,(H,28,30). The molecule has 0 bridgehead atoms. The molecule has 6 heteroatoms. The van der Waals surface area contributed by atoms with Gasteiger partial charge in [0.1, 0.15) is 11.6 Å². The Kier molecular flexibility index (Phi) is 7.97. The Hall–Kier alpha value is -3.67. The van der Waals surface area contributed by atoms with Crippen LogP contribution in [0.3, 0.4) is 0 Å². The zero-order valence-electron chi connectivity index (χ0n) is 18.3. The van der Waals surface area contributed by atoms with E-state index in [1.54, 1.807) is 48.4 Å². The number of halogens is 1. The highest BCUT2D eigenvalue weighted by Crippen LogP contribution is 2.24. The molecule has 5 nitrogen and oxygen atoms in total. The van der Waals surface area contributed by atoms with Crippen molar-refractivity contribution >= 4 is 17.5 Å². The van der Waals surface area contributed by atoms with Gasteiger partial charge in [0.05, 0.1) is 20.1 Å². The molecule has 3 rings (SSSR count). The maximum Gasteiger partial charge on any atom is 0.258 e. The van der Waals surface area contributed by atoms with Crippen molar-refractivity contribution in [2.75, 3.05) is 18.6 Å². The number of hydrogen-bond donors (Lipinski definition) is 1. The molecule has 0 fully saturated rings. The Labute approximate surface area is 187 Å². The quantitative estimate of drug-likeness (QED) is 0.529. The molecule has 0 saturated heterocycles. The first-order valence-electron chi connectivity index (χ1n) is 10.6. The summed E-state index contributed by atoms with van der Waals surface area (Å²) >= 11 is 0. The van der Waals surface area contributed by atoms with E-state index in [0.717, 1.165) is 17.5 Å². The monoisotopic (exact) mass is 434 g/mol. The number of carbonyl (C=O) groups is 2. The van der Waals surface area contributed by atoms with Crippen molar-refractivity contribution in [1.29, 1.82) is 0 Å². The number of carbonyl (C=O) groups excluding carboxylic acids is 2. The van der Waals surface area contributed by atoms with Gasteiger partial charge in [0.25, 0.3) is 5.91 Å². The summed E-state index contributed by atoms with van der Waals surface area (Å²) in [5.74, 6) is -0.0348. The normalized spacial score (nSPS) is 10.5. The molecule has 1 N–H and O–H groups in total. The summed E-state index contributed by atoms with van der Waals surface area (Å²) in [5, 5.41) is 2.87. The number of ether oxygens (including phenoxy) is 1. The third-order valence-corrected chi connectivity index (χ3v) is 4.97. The summed E-state index contributed by atoms with van der Waals surface area (Å²) in [4.78, 5) is 27.3. The van der Waals surface area contributed by atoms with Gasteiger partial charge >= 0.3 is 0 Å². The lowest BCUT2D eigenvalue weighted by Gasteiger charge is -2.24. The van der Waals surface area contributed by atoms with Crippen molar-refractivity contribution in [1.82, 2.24) is 5.32 Å². The Bertz CT molecular complexity index is 1070. The second-order valence-corrected chi connectivity index (χ2v) is 7.45. The first-order valence-corrected chi connectivity index (χ1v) is 10.6. The van der Waals surface area contributed by atoms with Crippen LogP contribution in [0.1, 0.15) is 34.8 Å². The van der Waals surface area contributed by atoms with E-state index in [0.29, 0.717) is 23.5 Å². The molecule has 2 amide bonds. The van der Waals surface area contributed by atoms with Crippen LogP contribution in [0, 0.1) is 5.82 Å². The molecule has 0 unspecified atom stereocenters. The van der Waals surface area contributed by atoms with Gasteiger partial charge in [-0.25, -0.2) is 4.39 Å². The van der Waals surface area contributed by atoms with Crippen LogP contribution in [0.25, 0.3) is 0 Å². The van der Waals surface area contributed by atoms with Gasteiger partial charge in [-0.15, -0.1) is 0 Å². The number of hydrogen-bond acceptors (Lipinski definition) is 3. The number of rotatable bonds is 9. The van der Waals surface area contributed by atoms with Crippen molar-refractivity contribution in [3.05, 3.63) is 95.3 Å². The zero-order chi connectivity index (χ0) is 22.9. The first kappa shape index (κ1) is 23.0. The van der Waals surface area contributed by atoms with E-state index in [-0.39, 0.29) is 30.6 Å². The molecule has 3 aromatic rings. The topological polar surface area (TPSA) is 58.6 Å². The smallest absolute Gasteiger partial charge is 0.258 e. The highest BCUT2D eigenvalue weighted by atomic mass is 19.1. The zero-order valence-corrected chi connectivity index (χ0v) is 18.3. The molecule has 0 saturated carbocycles. The van der Waals surface area contributed by atoms with Crippen LogP contribution in [0.15, 0.2) is 72.8 Å². The minimum Gasteiger partial charge on any atom is -0.497 e. The minimum absolute atomic E-state index is 0.0618. The number of anilines is 1. The summed E-state index contributed by atoms with van der Waals surface area (Å²) in [6, 6.07) is 20.4. The predicted molar refractivity (Wildman–Crippen MR) is 123 cm³/mol. The van der Waals surface area contributed by atoms with Gasteiger partial charge in [0.2, 0.25) is 5.91 Å². The Balaban J connectivity index is 1.92. The van der Waals surface area contributed by atoms with Gasteiger partial charge in [-0.1, -0.05) is 37.3 Å². The molecule has 0 heterocycles. The average molecular weight is 435 g/mol. The van der Waals surface area contributed by atoms with Crippen molar-refractivity contribution < 1.29 is 18.7 Å². The van der Waals surface area contributed by atoms with Gasteiger partial charge in [-0.3, -0.25) is 9.59 Å². The second-order valence-electron chi connectivity index (χ2n) is 7.45. The lowest BCUT2D eigenvalue weighted by atomic mass is 10.1. The molecular weight excluding hydrogens is 407 g/mol. The highest BCUT2D eigenvalue weighted by molar-refractivity contribution is 6.06. The highest BCUT2D eigenvalue weighted by Gasteiger charge is 2.19. The molecule has 3 aromatic carbocycles. The van der Waals surface area contributed by atoms with Crippen molar-refractivity contribution in [3.8, 4) is 5.75 Å². The van der Waals surface area contributed by atoms with E-state index < -0.39 is 0 Å². The van der Waals surface area contributed by atoms with Crippen LogP contribution >= 0.6 is 0 Å². The molecular formula is C26H27FN2O3. The predicted octanol–water partition coefficient (Wildman–Crippen LogP) is 4.75.